The molecule has 0 radical (unpaired) electrons. The number of hydrogen-bond acceptors (Lipinski definition) is 5. The van der Waals surface area contributed by atoms with Gasteiger partial charge in [-0.15, -0.1) is 0 Å². The molecule has 38 heavy (non-hydrogen) atoms. The van der Waals surface area contributed by atoms with Crippen LogP contribution in [0.2, 0.25) is 0 Å². The Morgan fingerprint density at radius 1 is 1.03 bits per heavy atom. The molecule has 190 valence electrons. The number of nitrogens with one attached hydrogen (secondary N) is 2. The third-order valence-electron chi connectivity index (χ3n) is 7.39. The van der Waals surface area contributed by atoms with Gasteiger partial charge in [-0.1, -0.05) is 50.8 Å². The van der Waals surface area contributed by atoms with Crippen LogP contribution in [0.15, 0.2) is 73.9 Å². The van der Waals surface area contributed by atoms with Gasteiger partial charge in [-0.3, -0.25) is 15.1 Å². The summed E-state index contributed by atoms with van der Waals surface area (Å²) in [7, 11) is 0. The number of aryl methyl sites for hydroxylation is 1. The number of fused-ring (bicyclic) bond motifs is 1. The summed E-state index contributed by atoms with van der Waals surface area (Å²) in [6.45, 7) is 5.91. The number of aromatic nitrogens is 7. The van der Waals surface area contributed by atoms with Gasteiger partial charge >= 0.3 is 0 Å². The summed E-state index contributed by atoms with van der Waals surface area (Å²) in [4.78, 5) is 22.1. The first-order valence-electron chi connectivity index (χ1n) is 13.3. The molecule has 0 amide bonds. The van der Waals surface area contributed by atoms with E-state index < -0.39 is 0 Å². The van der Waals surface area contributed by atoms with E-state index in [2.05, 4.69) is 37.8 Å². The van der Waals surface area contributed by atoms with Crippen molar-refractivity contribution in [2.24, 2.45) is 5.92 Å². The molecule has 1 saturated carbocycles. The quantitative estimate of drug-likeness (QED) is 0.238. The van der Waals surface area contributed by atoms with Crippen LogP contribution in [-0.2, 0) is 6.42 Å². The zero-order valence-electron chi connectivity index (χ0n) is 21.6. The summed E-state index contributed by atoms with van der Waals surface area (Å²) in [5, 5.41) is 7.70. The fourth-order valence-electron chi connectivity index (χ4n) is 5.48. The van der Waals surface area contributed by atoms with E-state index in [1.54, 1.807) is 18.5 Å². The van der Waals surface area contributed by atoms with Gasteiger partial charge in [0.1, 0.15) is 5.52 Å². The van der Waals surface area contributed by atoms with Gasteiger partial charge in [0.15, 0.2) is 11.5 Å². The average molecular weight is 502 g/mol. The molecule has 0 unspecified atom stereocenters. The van der Waals surface area contributed by atoms with E-state index in [0.717, 1.165) is 57.2 Å². The van der Waals surface area contributed by atoms with Gasteiger partial charge < -0.3 is 4.98 Å². The second-order valence-electron chi connectivity index (χ2n) is 10.1. The maximum atomic E-state index is 5.02. The summed E-state index contributed by atoms with van der Waals surface area (Å²) in [5.74, 6) is 1.43. The minimum Gasteiger partial charge on any atom is -0.340 e. The van der Waals surface area contributed by atoms with Crippen molar-refractivity contribution in [3.63, 3.8) is 0 Å². The van der Waals surface area contributed by atoms with E-state index in [1.165, 1.54) is 37.7 Å². The number of imidazole rings is 1. The van der Waals surface area contributed by atoms with Gasteiger partial charge in [-0.05, 0) is 60.7 Å². The number of aromatic amines is 2. The minimum atomic E-state index is 0.668. The average Bonchev–Trinajstić information content (AvgIpc) is 3.55. The zero-order chi connectivity index (χ0) is 25.9. The topological polar surface area (TPSA) is 96.0 Å². The molecular formula is C31H31N7. The monoisotopic (exact) mass is 501 g/mol. The van der Waals surface area contributed by atoms with Crippen molar-refractivity contribution in [2.75, 3.05) is 0 Å². The molecular weight excluding hydrogens is 470 g/mol. The van der Waals surface area contributed by atoms with Gasteiger partial charge in [0.05, 0.1) is 16.9 Å². The van der Waals surface area contributed by atoms with Gasteiger partial charge in [-0.25, -0.2) is 9.97 Å². The summed E-state index contributed by atoms with van der Waals surface area (Å²) < 4.78 is 0. The van der Waals surface area contributed by atoms with E-state index in [9.17, 15) is 0 Å². The molecule has 7 heteroatoms. The van der Waals surface area contributed by atoms with Crippen LogP contribution in [0.25, 0.3) is 39.4 Å². The van der Waals surface area contributed by atoms with Gasteiger partial charge in [0, 0.05) is 41.6 Å². The highest BCUT2D eigenvalue weighted by atomic mass is 15.2. The standard InChI is InChI=1S/C31H31N7/c1-3-7-25(23-12-14-32-15-13-23)28-20(2)34-31(36-28)30-29-27(37-38-30)11-10-26(35-29)24-17-22(18-33-19-24)16-21-8-5-4-6-9-21/h3,7,10-15,17-19,21H,1,4-6,8-9,16H2,2H3,(H,34,36)(H,37,38)/b25-7-. The molecule has 1 aliphatic rings. The second kappa shape index (κ2) is 10.5. The highest BCUT2D eigenvalue weighted by molar-refractivity contribution is 5.90. The number of pyridine rings is 3. The first kappa shape index (κ1) is 24.0. The summed E-state index contributed by atoms with van der Waals surface area (Å²) in [5.41, 5.74) is 9.30. The van der Waals surface area contributed by atoms with Gasteiger partial charge in [-0.2, -0.15) is 5.10 Å². The lowest BCUT2D eigenvalue weighted by Crippen LogP contribution is -2.09. The van der Waals surface area contributed by atoms with Crippen molar-refractivity contribution < 1.29 is 0 Å². The number of nitrogens with zero attached hydrogens (tertiary/aromatic N) is 5. The van der Waals surface area contributed by atoms with E-state index in [1.807, 2.05) is 49.7 Å². The Hall–Kier alpha value is -4.39. The molecule has 5 aromatic rings. The van der Waals surface area contributed by atoms with Crippen molar-refractivity contribution in [2.45, 2.75) is 45.4 Å². The lowest BCUT2D eigenvalue weighted by molar-refractivity contribution is 0.356. The number of hydrogen-bond donors (Lipinski definition) is 2. The number of rotatable bonds is 7. The van der Waals surface area contributed by atoms with E-state index in [0.29, 0.717) is 11.5 Å². The second-order valence-corrected chi connectivity index (χ2v) is 10.1. The van der Waals surface area contributed by atoms with Crippen molar-refractivity contribution in [3.8, 4) is 22.8 Å². The van der Waals surface area contributed by atoms with Crippen molar-refractivity contribution in [3.05, 3.63) is 96.4 Å². The normalized spacial score (nSPS) is 14.7. The van der Waals surface area contributed by atoms with Crippen LogP contribution in [0.4, 0.5) is 0 Å². The highest BCUT2D eigenvalue weighted by Gasteiger charge is 2.19. The van der Waals surface area contributed by atoms with Crippen molar-refractivity contribution in [1.29, 1.82) is 0 Å². The highest BCUT2D eigenvalue weighted by Crippen LogP contribution is 2.31. The lowest BCUT2D eigenvalue weighted by Gasteiger charge is -2.21. The smallest absolute Gasteiger partial charge is 0.161 e. The molecule has 1 aliphatic carbocycles. The Morgan fingerprint density at radius 2 is 1.87 bits per heavy atom. The lowest BCUT2D eigenvalue weighted by atomic mass is 9.85. The molecule has 0 aromatic carbocycles. The summed E-state index contributed by atoms with van der Waals surface area (Å²) in [6, 6.07) is 10.2. The third kappa shape index (κ3) is 4.79. The minimum absolute atomic E-state index is 0.668. The van der Waals surface area contributed by atoms with Gasteiger partial charge in [0.2, 0.25) is 0 Å². The molecule has 2 N–H and O–H groups in total. The Balaban J connectivity index is 1.34. The Kier molecular flexibility index (Phi) is 6.65. The first-order chi connectivity index (χ1) is 18.7. The molecule has 0 saturated heterocycles. The molecule has 0 bridgehead atoms. The molecule has 6 rings (SSSR count). The molecule has 0 atom stereocenters. The molecule has 0 aliphatic heterocycles. The maximum absolute atomic E-state index is 5.02. The number of H-pyrrole nitrogens is 2. The first-order valence-corrected chi connectivity index (χ1v) is 13.3. The van der Waals surface area contributed by atoms with Crippen LogP contribution in [-0.4, -0.2) is 35.1 Å². The molecule has 0 spiro atoms. The predicted molar refractivity (Wildman–Crippen MR) is 151 cm³/mol. The van der Waals surface area contributed by atoms with Crippen LogP contribution in [0.1, 0.15) is 54.6 Å². The van der Waals surface area contributed by atoms with E-state index in [-0.39, 0.29) is 0 Å². The maximum Gasteiger partial charge on any atom is 0.161 e. The Labute approximate surface area is 222 Å². The van der Waals surface area contributed by atoms with Crippen LogP contribution in [0, 0.1) is 12.8 Å². The Bertz CT molecular complexity index is 1600. The zero-order valence-corrected chi connectivity index (χ0v) is 21.6. The molecule has 7 nitrogen and oxygen atoms in total. The SMILES string of the molecule is C=C/C=C(/c1ccncc1)c1nc(-c2n[nH]c3ccc(-c4cncc(CC5CCCCC5)c4)nc23)[nH]c1C. The Morgan fingerprint density at radius 3 is 2.68 bits per heavy atom. The predicted octanol–water partition coefficient (Wildman–Crippen LogP) is 6.85. The van der Waals surface area contributed by atoms with Crippen LogP contribution in [0.3, 0.4) is 0 Å². The van der Waals surface area contributed by atoms with E-state index in [4.69, 9.17) is 9.97 Å². The van der Waals surface area contributed by atoms with Crippen molar-refractivity contribution >= 4 is 16.6 Å². The van der Waals surface area contributed by atoms with Gasteiger partial charge in [0.25, 0.3) is 0 Å². The fourth-order valence-corrected chi connectivity index (χ4v) is 5.48. The summed E-state index contributed by atoms with van der Waals surface area (Å²) >= 11 is 0. The van der Waals surface area contributed by atoms with Crippen LogP contribution in [0.5, 0.6) is 0 Å². The molecule has 1 fully saturated rings. The fraction of sp³-hybridized carbons (Fsp3) is 0.258. The molecule has 5 aromatic heterocycles. The third-order valence-corrected chi connectivity index (χ3v) is 7.39. The number of allylic oxidation sites excluding steroid dienone is 2. The summed E-state index contributed by atoms with van der Waals surface area (Å²) in [6.07, 6.45) is 19.0. The largest absolute Gasteiger partial charge is 0.340 e. The van der Waals surface area contributed by atoms with Crippen LogP contribution < -0.4 is 0 Å². The van der Waals surface area contributed by atoms with E-state index >= 15 is 0 Å². The molecule has 5 heterocycles. The van der Waals surface area contributed by atoms with Crippen LogP contribution >= 0.6 is 0 Å². The van der Waals surface area contributed by atoms with Crippen molar-refractivity contribution in [1.82, 2.24) is 35.1 Å².